The van der Waals surface area contributed by atoms with Crippen LogP contribution in [0.5, 0.6) is 0 Å². The first-order valence-electron chi connectivity index (χ1n) is 15.1. The van der Waals surface area contributed by atoms with Crippen molar-refractivity contribution < 1.29 is 23.1 Å². The van der Waals surface area contributed by atoms with Gasteiger partial charge in [-0.2, -0.15) is 0 Å². The molecule has 8 nitrogen and oxygen atoms in total. The van der Waals surface area contributed by atoms with E-state index in [1.54, 1.807) is 23.1 Å². The SMILES string of the molecule is CCCn1c(CN2CCN(C(=O)OC(C)(C)C)CC2)c(C(=O)NC(c2cccc(F)c2)C2CC2)c2cccc(F)c2c1=O. The van der Waals surface area contributed by atoms with Crippen molar-refractivity contribution in [2.45, 2.75) is 71.7 Å². The molecule has 2 amide bonds. The van der Waals surface area contributed by atoms with Gasteiger partial charge in [0.1, 0.15) is 17.2 Å². The minimum Gasteiger partial charge on any atom is -0.444 e. The molecule has 1 N–H and O–H groups in total. The second-order valence-corrected chi connectivity index (χ2v) is 12.5. The smallest absolute Gasteiger partial charge is 0.410 e. The Morgan fingerprint density at radius 3 is 2.37 bits per heavy atom. The first kappa shape index (κ1) is 30.7. The molecule has 3 aromatic rings. The van der Waals surface area contributed by atoms with E-state index in [0.29, 0.717) is 50.4 Å². The molecule has 1 aromatic heterocycles. The average Bonchev–Trinajstić information content (AvgIpc) is 3.79. The van der Waals surface area contributed by atoms with Crippen LogP contribution >= 0.6 is 0 Å². The molecule has 43 heavy (non-hydrogen) atoms. The van der Waals surface area contributed by atoms with E-state index in [-0.39, 0.29) is 40.7 Å². The van der Waals surface area contributed by atoms with Gasteiger partial charge in [-0.25, -0.2) is 13.6 Å². The third-order valence-corrected chi connectivity index (χ3v) is 8.02. The van der Waals surface area contributed by atoms with Crippen molar-refractivity contribution in [2.24, 2.45) is 5.92 Å². The molecule has 10 heteroatoms. The first-order chi connectivity index (χ1) is 20.5. The largest absolute Gasteiger partial charge is 0.444 e. The number of carbonyl (C=O) groups excluding carboxylic acids is 2. The van der Waals surface area contributed by atoms with E-state index in [1.165, 1.54) is 28.8 Å². The second kappa shape index (κ2) is 12.4. The van der Waals surface area contributed by atoms with E-state index < -0.39 is 28.9 Å². The van der Waals surface area contributed by atoms with Gasteiger partial charge in [0.2, 0.25) is 0 Å². The predicted octanol–water partition coefficient (Wildman–Crippen LogP) is 5.62. The summed E-state index contributed by atoms with van der Waals surface area (Å²) in [6.45, 7) is 9.86. The Morgan fingerprint density at radius 1 is 1.05 bits per heavy atom. The number of nitrogens with zero attached hydrogens (tertiary/aromatic N) is 3. The van der Waals surface area contributed by atoms with Crippen molar-refractivity contribution in [2.75, 3.05) is 26.2 Å². The number of benzene rings is 2. The maximum absolute atomic E-state index is 15.2. The van der Waals surface area contributed by atoms with Gasteiger partial charge in [-0.15, -0.1) is 0 Å². The molecule has 1 saturated carbocycles. The molecule has 230 valence electrons. The van der Waals surface area contributed by atoms with Gasteiger partial charge in [-0.1, -0.05) is 31.2 Å². The molecular formula is C33H40F2N4O4. The zero-order chi connectivity index (χ0) is 30.9. The van der Waals surface area contributed by atoms with Crippen LogP contribution in [0.25, 0.3) is 10.8 Å². The fourth-order valence-corrected chi connectivity index (χ4v) is 5.82. The molecule has 2 heterocycles. The van der Waals surface area contributed by atoms with E-state index in [9.17, 15) is 18.8 Å². The van der Waals surface area contributed by atoms with Crippen molar-refractivity contribution in [1.29, 1.82) is 0 Å². The molecule has 2 aliphatic rings. The monoisotopic (exact) mass is 594 g/mol. The van der Waals surface area contributed by atoms with E-state index in [1.807, 2.05) is 27.7 Å². The summed E-state index contributed by atoms with van der Waals surface area (Å²) in [4.78, 5) is 44.3. The molecule has 2 aromatic carbocycles. The van der Waals surface area contributed by atoms with Crippen LogP contribution in [0, 0.1) is 17.6 Å². The van der Waals surface area contributed by atoms with Gasteiger partial charge in [-0.3, -0.25) is 14.5 Å². The number of fused-ring (bicyclic) bond motifs is 1. The fraction of sp³-hybridized carbons (Fsp3) is 0.485. The summed E-state index contributed by atoms with van der Waals surface area (Å²) >= 11 is 0. The number of ether oxygens (including phenoxy) is 1. The van der Waals surface area contributed by atoms with Gasteiger partial charge in [0.25, 0.3) is 11.5 Å². The van der Waals surface area contributed by atoms with Gasteiger partial charge in [-0.05, 0) is 69.7 Å². The standard InChI is InChI=1S/C33H40F2N4O4/c1-5-14-39-26(20-37-15-17-38(18-16-37)32(42)43-33(2,3)4)28(24-10-7-11-25(35)27(24)31(39)41)30(40)36-29(21-12-13-21)22-8-6-9-23(34)19-22/h6-11,19,21,29H,5,12-18,20H2,1-4H3,(H,36,40). The zero-order valence-electron chi connectivity index (χ0n) is 25.3. The van der Waals surface area contributed by atoms with Crippen LogP contribution in [-0.4, -0.2) is 58.1 Å². The number of aromatic nitrogens is 1. The number of hydrogen-bond acceptors (Lipinski definition) is 5. The summed E-state index contributed by atoms with van der Waals surface area (Å²) in [6, 6.07) is 10.2. The second-order valence-electron chi connectivity index (χ2n) is 12.5. The Hall–Kier alpha value is -3.79. The van der Waals surface area contributed by atoms with Crippen molar-refractivity contribution >= 4 is 22.8 Å². The van der Waals surface area contributed by atoms with Gasteiger partial charge in [0.05, 0.1) is 17.0 Å². The molecule has 5 rings (SSSR count). The lowest BCUT2D eigenvalue weighted by Gasteiger charge is -2.36. The summed E-state index contributed by atoms with van der Waals surface area (Å²) in [5.74, 6) is -1.32. The van der Waals surface area contributed by atoms with Gasteiger partial charge in [0, 0.05) is 50.3 Å². The lowest BCUT2D eigenvalue weighted by Crippen LogP contribution is -2.50. The maximum Gasteiger partial charge on any atom is 0.410 e. The van der Waals surface area contributed by atoms with Gasteiger partial charge >= 0.3 is 6.09 Å². The summed E-state index contributed by atoms with van der Waals surface area (Å²) in [5, 5.41) is 3.27. The van der Waals surface area contributed by atoms with Crippen LogP contribution in [-0.2, 0) is 17.8 Å². The molecule has 1 aliphatic carbocycles. The summed E-state index contributed by atoms with van der Waals surface area (Å²) in [7, 11) is 0. The van der Waals surface area contributed by atoms with E-state index >= 15 is 4.39 Å². The number of pyridine rings is 1. The van der Waals surface area contributed by atoms with Crippen LogP contribution in [0.4, 0.5) is 13.6 Å². The highest BCUT2D eigenvalue weighted by atomic mass is 19.1. The fourth-order valence-electron chi connectivity index (χ4n) is 5.82. The minimum absolute atomic E-state index is 0.117. The Labute approximate surface area is 250 Å². The normalized spacial score (nSPS) is 16.7. The van der Waals surface area contributed by atoms with Crippen LogP contribution in [0.3, 0.4) is 0 Å². The molecule has 1 aliphatic heterocycles. The van der Waals surface area contributed by atoms with E-state index in [2.05, 4.69) is 10.2 Å². The third-order valence-electron chi connectivity index (χ3n) is 8.02. The molecule has 1 atom stereocenters. The molecule has 0 radical (unpaired) electrons. The van der Waals surface area contributed by atoms with Crippen molar-refractivity contribution in [3.05, 3.63) is 81.3 Å². The molecule has 0 bridgehead atoms. The van der Waals surface area contributed by atoms with Crippen molar-refractivity contribution in [3.8, 4) is 0 Å². The molecular weight excluding hydrogens is 554 g/mol. The number of halogens is 2. The van der Waals surface area contributed by atoms with Crippen molar-refractivity contribution in [3.63, 3.8) is 0 Å². The highest BCUT2D eigenvalue weighted by molar-refractivity contribution is 6.08. The summed E-state index contributed by atoms with van der Waals surface area (Å²) in [5.41, 5.74) is 0.351. The Bertz CT molecular complexity index is 1570. The number of nitrogens with one attached hydrogen (secondary N) is 1. The van der Waals surface area contributed by atoms with Crippen molar-refractivity contribution in [1.82, 2.24) is 19.7 Å². The van der Waals surface area contributed by atoms with E-state index in [0.717, 1.165) is 12.8 Å². The van der Waals surface area contributed by atoms with Crippen LogP contribution in [0.2, 0.25) is 0 Å². The summed E-state index contributed by atoms with van der Waals surface area (Å²) in [6.07, 6.45) is 2.04. The molecule has 0 spiro atoms. The highest BCUT2D eigenvalue weighted by Crippen LogP contribution is 2.41. The predicted molar refractivity (Wildman–Crippen MR) is 161 cm³/mol. The Balaban J connectivity index is 1.52. The quantitative estimate of drug-likeness (QED) is 0.366. The lowest BCUT2D eigenvalue weighted by molar-refractivity contribution is 0.0137. The molecule has 1 saturated heterocycles. The number of piperazine rings is 1. The topological polar surface area (TPSA) is 83.9 Å². The maximum atomic E-state index is 15.2. The number of amides is 2. The first-order valence-corrected chi connectivity index (χ1v) is 15.1. The van der Waals surface area contributed by atoms with Crippen LogP contribution < -0.4 is 10.9 Å². The van der Waals surface area contributed by atoms with Crippen LogP contribution in [0.15, 0.2) is 47.3 Å². The Kier molecular flexibility index (Phi) is 8.87. The summed E-state index contributed by atoms with van der Waals surface area (Å²) < 4.78 is 36.4. The number of hydrogen-bond donors (Lipinski definition) is 1. The lowest BCUT2D eigenvalue weighted by atomic mass is 9.98. The van der Waals surface area contributed by atoms with E-state index in [4.69, 9.17) is 4.74 Å². The Morgan fingerprint density at radius 2 is 1.74 bits per heavy atom. The molecule has 2 fully saturated rings. The average molecular weight is 595 g/mol. The third kappa shape index (κ3) is 6.90. The zero-order valence-corrected chi connectivity index (χ0v) is 25.3. The molecule has 1 unspecified atom stereocenters. The number of rotatable bonds is 8. The van der Waals surface area contributed by atoms with Crippen LogP contribution in [0.1, 0.15) is 74.6 Å². The highest BCUT2D eigenvalue weighted by Gasteiger charge is 2.35. The van der Waals surface area contributed by atoms with Gasteiger partial charge in [0.15, 0.2) is 0 Å². The van der Waals surface area contributed by atoms with Gasteiger partial charge < -0.3 is 19.5 Å². The minimum atomic E-state index is -0.678. The number of carbonyl (C=O) groups is 2.